The summed E-state index contributed by atoms with van der Waals surface area (Å²) in [6.45, 7) is 7.53. The van der Waals surface area contributed by atoms with Crippen molar-refractivity contribution in [3.05, 3.63) is 52.1 Å². The van der Waals surface area contributed by atoms with Crippen LogP contribution in [-0.4, -0.2) is 22.7 Å². The van der Waals surface area contributed by atoms with E-state index in [0.717, 1.165) is 22.4 Å². The first kappa shape index (κ1) is 17.1. The van der Waals surface area contributed by atoms with E-state index in [-0.39, 0.29) is 24.2 Å². The number of carbonyl (C=O) groups excluding carboxylic acids is 2. The van der Waals surface area contributed by atoms with Crippen LogP contribution >= 0.6 is 0 Å². The summed E-state index contributed by atoms with van der Waals surface area (Å²) in [6, 6.07) is 0. The molecule has 2 aliphatic rings. The summed E-state index contributed by atoms with van der Waals surface area (Å²) >= 11 is 0. The lowest BCUT2D eigenvalue weighted by Gasteiger charge is -2.29. The molecule has 25 heavy (non-hydrogen) atoms. The Morgan fingerprint density at radius 3 is 2.76 bits per heavy atom. The van der Waals surface area contributed by atoms with Crippen LogP contribution in [0.2, 0.25) is 0 Å². The first-order valence-electron chi connectivity index (χ1n) is 8.34. The number of carbonyl (C=O) groups is 2. The third-order valence-electron chi connectivity index (χ3n) is 4.69. The van der Waals surface area contributed by atoms with Crippen molar-refractivity contribution < 1.29 is 14.1 Å². The van der Waals surface area contributed by atoms with Crippen molar-refractivity contribution in [2.24, 2.45) is 10.9 Å². The molecule has 0 bridgehead atoms. The maximum atomic E-state index is 12.3. The van der Waals surface area contributed by atoms with Crippen molar-refractivity contribution in [1.82, 2.24) is 10.5 Å². The van der Waals surface area contributed by atoms with Crippen LogP contribution in [0.3, 0.4) is 0 Å². The van der Waals surface area contributed by atoms with Gasteiger partial charge in [-0.1, -0.05) is 23.7 Å². The molecular formula is C19H21N3O3. The molecule has 6 nitrogen and oxygen atoms in total. The van der Waals surface area contributed by atoms with Gasteiger partial charge < -0.3 is 9.84 Å². The van der Waals surface area contributed by atoms with Crippen molar-refractivity contribution in [3.63, 3.8) is 0 Å². The third-order valence-corrected chi connectivity index (χ3v) is 4.69. The van der Waals surface area contributed by atoms with Crippen LogP contribution in [0.15, 0.2) is 44.6 Å². The number of aromatic nitrogens is 1. The van der Waals surface area contributed by atoms with E-state index in [2.05, 4.69) is 15.5 Å². The van der Waals surface area contributed by atoms with Crippen LogP contribution < -0.4 is 5.32 Å². The van der Waals surface area contributed by atoms with Gasteiger partial charge in [0.2, 0.25) is 0 Å². The molecule has 3 rings (SSSR count). The summed E-state index contributed by atoms with van der Waals surface area (Å²) in [6.07, 6.45) is 6.42. The number of hydrogen-bond donors (Lipinski definition) is 1. The largest absolute Gasteiger partial charge is 0.361 e. The molecule has 2 amide bonds. The Balaban J connectivity index is 1.81. The van der Waals surface area contributed by atoms with Crippen LogP contribution in [0.1, 0.15) is 37.3 Å². The molecule has 0 saturated heterocycles. The van der Waals surface area contributed by atoms with E-state index >= 15 is 0 Å². The summed E-state index contributed by atoms with van der Waals surface area (Å²) in [5, 5.41) is 6.76. The minimum absolute atomic E-state index is 0.0456. The molecule has 1 aromatic heterocycles. The molecule has 2 heterocycles. The Hall–Kier alpha value is -2.76. The molecule has 0 saturated carbocycles. The van der Waals surface area contributed by atoms with E-state index in [9.17, 15) is 9.59 Å². The maximum absolute atomic E-state index is 12.3. The van der Waals surface area contributed by atoms with E-state index in [0.29, 0.717) is 23.6 Å². The molecule has 0 spiro atoms. The molecule has 1 atom stereocenters. The summed E-state index contributed by atoms with van der Waals surface area (Å²) < 4.78 is 5.07. The highest BCUT2D eigenvalue weighted by molar-refractivity contribution is 6.11. The van der Waals surface area contributed by atoms with Gasteiger partial charge in [-0.25, -0.2) is 4.99 Å². The number of aryl methyl sites for hydroxylation is 2. The zero-order valence-corrected chi connectivity index (χ0v) is 14.8. The normalized spacial score (nSPS) is 21.3. The molecule has 0 aromatic carbocycles. The molecule has 6 heteroatoms. The molecule has 1 aliphatic heterocycles. The highest BCUT2D eigenvalue weighted by Gasteiger charge is 2.28. The average molecular weight is 339 g/mol. The number of rotatable bonds is 3. The second kappa shape index (κ2) is 6.63. The number of amides is 2. The van der Waals surface area contributed by atoms with Gasteiger partial charge in [-0.2, -0.15) is 0 Å². The summed E-state index contributed by atoms with van der Waals surface area (Å²) in [5.74, 6) is 0.340. The van der Waals surface area contributed by atoms with Crippen molar-refractivity contribution in [2.45, 2.75) is 40.5 Å². The van der Waals surface area contributed by atoms with Crippen LogP contribution in [0, 0.1) is 19.8 Å². The minimum Gasteiger partial charge on any atom is -0.361 e. The van der Waals surface area contributed by atoms with E-state index in [1.54, 1.807) is 19.9 Å². The van der Waals surface area contributed by atoms with Gasteiger partial charge in [-0.15, -0.1) is 0 Å². The standard InChI is InChI=1S/C19H21N3O3/c1-5-14-10(2)15-7-6-13(8-17(15)21-19(14)24)20-18(23)9-16-11(3)22-25-12(16)4/h6-8,15H,5,9H2,1-4H3,(H,21,24). The van der Waals surface area contributed by atoms with E-state index < -0.39 is 0 Å². The van der Waals surface area contributed by atoms with Crippen LogP contribution in [-0.2, 0) is 16.0 Å². The second-order valence-corrected chi connectivity index (χ2v) is 6.32. The Morgan fingerprint density at radius 1 is 1.36 bits per heavy atom. The predicted molar refractivity (Wildman–Crippen MR) is 94.0 cm³/mol. The van der Waals surface area contributed by atoms with Gasteiger partial charge in [0.05, 0.1) is 17.8 Å². The van der Waals surface area contributed by atoms with Crippen LogP contribution in [0.5, 0.6) is 0 Å². The topological polar surface area (TPSA) is 84.6 Å². The fourth-order valence-electron chi connectivity index (χ4n) is 3.26. The minimum atomic E-state index is -0.270. The zero-order chi connectivity index (χ0) is 18.1. The number of nitrogens with one attached hydrogen (secondary N) is 1. The SMILES string of the molecule is CCC1=C(C)C2C=CC(=NC(=O)Cc3c(C)noc3C)C=C2NC1=O. The van der Waals surface area contributed by atoms with E-state index in [1.165, 1.54) is 0 Å². The van der Waals surface area contributed by atoms with Crippen molar-refractivity contribution >= 4 is 17.5 Å². The summed E-state index contributed by atoms with van der Waals surface area (Å²) in [4.78, 5) is 28.6. The molecule has 1 aliphatic carbocycles. The quantitative estimate of drug-likeness (QED) is 0.917. The van der Waals surface area contributed by atoms with E-state index in [1.807, 2.05) is 26.0 Å². The van der Waals surface area contributed by atoms with Gasteiger partial charge in [-0.05, 0) is 39.3 Å². The van der Waals surface area contributed by atoms with Gasteiger partial charge in [0, 0.05) is 22.8 Å². The number of aliphatic imine (C=N–C) groups is 1. The first-order valence-corrected chi connectivity index (χ1v) is 8.34. The lowest BCUT2D eigenvalue weighted by atomic mass is 9.84. The Morgan fingerprint density at radius 2 is 2.12 bits per heavy atom. The lowest BCUT2D eigenvalue weighted by Crippen LogP contribution is -2.36. The third kappa shape index (κ3) is 3.24. The smallest absolute Gasteiger partial charge is 0.251 e. The molecule has 1 unspecified atom stereocenters. The summed E-state index contributed by atoms with van der Waals surface area (Å²) in [7, 11) is 0. The first-order chi connectivity index (χ1) is 11.9. The Labute approximate surface area is 146 Å². The average Bonchev–Trinajstić information content (AvgIpc) is 2.87. The Bertz CT molecular complexity index is 849. The van der Waals surface area contributed by atoms with Crippen molar-refractivity contribution in [1.29, 1.82) is 0 Å². The highest BCUT2D eigenvalue weighted by atomic mass is 16.5. The molecule has 130 valence electrons. The molecule has 0 radical (unpaired) electrons. The van der Waals surface area contributed by atoms with Gasteiger partial charge >= 0.3 is 0 Å². The number of fused-ring (bicyclic) bond motifs is 1. The maximum Gasteiger partial charge on any atom is 0.251 e. The van der Waals surface area contributed by atoms with Gasteiger partial charge in [0.15, 0.2) is 0 Å². The summed E-state index contributed by atoms with van der Waals surface area (Å²) in [5.41, 5.74) is 4.66. The van der Waals surface area contributed by atoms with Crippen LogP contribution in [0.4, 0.5) is 0 Å². The van der Waals surface area contributed by atoms with Crippen LogP contribution in [0.25, 0.3) is 0 Å². The number of nitrogens with zero attached hydrogens (tertiary/aromatic N) is 2. The lowest BCUT2D eigenvalue weighted by molar-refractivity contribution is -0.118. The Kier molecular flexibility index (Phi) is 4.53. The fourth-order valence-corrected chi connectivity index (χ4v) is 3.26. The zero-order valence-electron chi connectivity index (χ0n) is 14.8. The fraction of sp³-hybridized carbons (Fsp3) is 0.368. The van der Waals surface area contributed by atoms with E-state index in [4.69, 9.17) is 4.52 Å². The highest BCUT2D eigenvalue weighted by Crippen LogP contribution is 2.31. The van der Waals surface area contributed by atoms with Gasteiger partial charge in [0.1, 0.15) is 5.76 Å². The molecule has 1 N–H and O–H groups in total. The van der Waals surface area contributed by atoms with Gasteiger partial charge in [-0.3, -0.25) is 9.59 Å². The van der Waals surface area contributed by atoms with Crippen molar-refractivity contribution in [2.75, 3.05) is 0 Å². The molecular weight excluding hydrogens is 318 g/mol. The molecule has 1 aromatic rings. The predicted octanol–water partition coefficient (Wildman–Crippen LogP) is 2.73. The second-order valence-electron chi connectivity index (χ2n) is 6.32. The van der Waals surface area contributed by atoms with Crippen molar-refractivity contribution in [3.8, 4) is 0 Å². The monoisotopic (exact) mass is 339 g/mol. The van der Waals surface area contributed by atoms with Gasteiger partial charge in [0.25, 0.3) is 11.8 Å². The number of allylic oxidation sites excluding steroid dienone is 3. The number of hydrogen-bond acceptors (Lipinski definition) is 4. The molecule has 0 fully saturated rings.